The van der Waals surface area contributed by atoms with E-state index in [1.807, 2.05) is 0 Å². The fourth-order valence-electron chi connectivity index (χ4n) is 1.91. The SMILES string of the molecule is CCCCCNC(=O)CCc1ccc(C)c(C)c1. The van der Waals surface area contributed by atoms with Crippen LogP contribution in [0, 0.1) is 13.8 Å². The van der Waals surface area contributed by atoms with Crippen molar-refractivity contribution in [1.29, 1.82) is 0 Å². The van der Waals surface area contributed by atoms with Gasteiger partial charge in [0.2, 0.25) is 5.91 Å². The molecule has 2 heteroatoms. The Morgan fingerprint density at radius 2 is 1.94 bits per heavy atom. The number of carbonyl (C=O) groups excluding carboxylic acids is 1. The molecule has 0 saturated carbocycles. The molecule has 0 bridgehead atoms. The van der Waals surface area contributed by atoms with Crippen LogP contribution in [0.5, 0.6) is 0 Å². The zero-order valence-corrected chi connectivity index (χ0v) is 11.9. The average molecular weight is 247 g/mol. The van der Waals surface area contributed by atoms with Crippen molar-refractivity contribution in [3.63, 3.8) is 0 Å². The average Bonchev–Trinajstić information content (AvgIpc) is 2.36. The molecule has 100 valence electrons. The first-order valence-corrected chi connectivity index (χ1v) is 6.96. The molecule has 0 unspecified atom stereocenters. The van der Waals surface area contributed by atoms with Gasteiger partial charge in [0.05, 0.1) is 0 Å². The molecular weight excluding hydrogens is 222 g/mol. The number of hydrogen-bond donors (Lipinski definition) is 1. The molecule has 1 amide bonds. The molecule has 1 rings (SSSR count). The van der Waals surface area contributed by atoms with Gasteiger partial charge in [0.15, 0.2) is 0 Å². The van der Waals surface area contributed by atoms with Gasteiger partial charge in [-0.1, -0.05) is 38.0 Å². The Morgan fingerprint density at radius 1 is 1.17 bits per heavy atom. The molecular formula is C16H25NO. The van der Waals surface area contributed by atoms with E-state index in [0.29, 0.717) is 6.42 Å². The van der Waals surface area contributed by atoms with Gasteiger partial charge in [-0.3, -0.25) is 4.79 Å². The quantitative estimate of drug-likeness (QED) is 0.734. The first kappa shape index (κ1) is 14.7. The van der Waals surface area contributed by atoms with Gasteiger partial charge in [0.25, 0.3) is 0 Å². The lowest BCUT2D eigenvalue weighted by Gasteiger charge is -2.06. The molecule has 1 aromatic rings. The number of carbonyl (C=O) groups is 1. The summed E-state index contributed by atoms with van der Waals surface area (Å²) < 4.78 is 0. The molecule has 0 atom stereocenters. The fourth-order valence-corrected chi connectivity index (χ4v) is 1.91. The Morgan fingerprint density at radius 3 is 2.61 bits per heavy atom. The molecule has 0 heterocycles. The highest BCUT2D eigenvalue weighted by molar-refractivity contribution is 5.76. The van der Waals surface area contributed by atoms with E-state index in [1.54, 1.807) is 0 Å². The molecule has 0 aromatic heterocycles. The van der Waals surface area contributed by atoms with E-state index in [0.717, 1.165) is 19.4 Å². The summed E-state index contributed by atoms with van der Waals surface area (Å²) in [5.74, 6) is 0.171. The second kappa shape index (κ2) is 7.91. The van der Waals surface area contributed by atoms with E-state index in [-0.39, 0.29) is 5.91 Å². The highest BCUT2D eigenvalue weighted by atomic mass is 16.1. The number of amides is 1. The molecule has 18 heavy (non-hydrogen) atoms. The van der Waals surface area contributed by atoms with Crippen LogP contribution in [0.2, 0.25) is 0 Å². The van der Waals surface area contributed by atoms with E-state index in [4.69, 9.17) is 0 Å². The lowest BCUT2D eigenvalue weighted by atomic mass is 10.0. The van der Waals surface area contributed by atoms with Gasteiger partial charge in [-0.25, -0.2) is 0 Å². The van der Waals surface area contributed by atoms with Gasteiger partial charge in [0.1, 0.15) is 0 Å². The molecule has 1 N–H and O–H groups in total. The van der Waals surface area contributed by atoms with E-state index >= 15 is 0 Å². The van der Waals surface area contributed by atoms with Crippen LogP contribution in [-0.2, 0) is 11.2 Å². The van der Waals surface area contributed by atoms with Crippen LogP contribution < -0.4 is 5.32 Å². The molecule has 0 spiro atoms. The minimum atomic E-state index is 0.171. The lowest BCUT2D eigenvalue weighted by Crippen LogP contribution is -2.24. The molecule has 0 aliphatic rings. The summed E-state index contributed by atoms with van der Waals surface area (Å²) in [4.78, 5) is 11.6. The minimum Gasteiger partial charge on any atom is -0.356 e. The van der Waals surface area contributed by atoms with Crippen LogP contribution in [0.1, 0.15) is 49.3 Å². The summed E-state index contributed by atoms with van der Waals surface area (Å²) >= 11 is 0. The monoisotopic (exact) mass is 247 g/mol. The highest BCUT2D eigenvalue weighted by Gasteiger charge is 2.02. The smallest absolute Gasteiger partial charge is 0.220 e. The Hall–Kier alpha value is -1.31. The van der Waals surface area contributed by atoms with Crippen LogP contribution in [0.3, 0.4) is 0 Å². The van der Waals surface area contributed by atoms with Crippen LogP contribution in [-0.4, -0.2) is 12.5 Å². The van der Waals surface area contributed by atoms with Crippen molar-refractivity contribution >= 4 is 5.91 Å². The Balaban J connectivity index is 2.27. The number of hydrogen-bond acceptors (Lipinski definition) is 1. The van der Waals surface area contributed by atoms with Crippen molar-refractivity contribution in [1.82, 2.24) is 5.32 Å². The van der Waals surface area contributed by atoms with Crippen LogP contribution in [0.15, 0.2) is 18.2 Å². The van der Waals surface area contributed by atoms with Crippen molar-refractivity contribution in [3.05, 3.63) is 34.9 Å². The molecule has 0 aliphatic carbocycles. The van der Waals surface area contributed by atoms with E-state index in [2.05, 4.69) is 44.3 Å². The number of unbranched alkanes of at least 4 members (excludes halogenated alkanes) is 2. The maximum atomic E-state index is 11.6. The molecule has 1 aromatic carbocycles. The lowest BCUT2D eigenvalue weighted by molar-refractivity contribution is -0.121. The molecule has 0 saturated heterocycles. The summed E-state index contributed by atoms with van der Waals surface area (Å²) in [6.45, 7) is 7.21. The van der Waals surface area contributed by atoms with Gasteiger partial charge < -0.3 is 5.32 Å². The summed E-state index contributed by atoms with van der Waals surface area (Å²) in [5.41, 5.74) is 3.86. The number of rotatable bonds is 7. The van der Waals surface area contributed by atoms with E-state index in [1.165, 1.54) is 29.5 Å². The molecule has 0 radical (unpaired) electrons. The fraction of sp³-hybridized carbons (Fsp3) is 0.562. The summed E-state index contributed by atoms with van der Waals surface area (Å²) in [7, 11) is 0. The highest BCUT2D eigenvalue weighted by Crippen LogP contribution is 2.11. The van der Waals surface area contributed by atoms with E-state index < -0.39 is 0 Å². The predicted molar refractivity (Wildman–Crippen MR) is 76.8 cm³/mol. The Bertz CT molecular complexity index is 385. The number of benzene rings is 1. The van der Waals surface area contributed by atoms with Crippen LogP contribution in [0.4, 0.5) is 0 Å². The minimum absolute atomic E-state index is 0.171. The largest absolute Gasteiger partial charge is 0.356 e. The van der Waals surface area contributed by atoms with E-state index in [9.17, 15) is 4.79 Å². The van der Waals surface area contributed by atoms with Gasteiger partial charge >= 0.3 is 0 Å². The number of nitrogens with one attached hydrogen (secondary N) is 1. The van der Waals surface area contributed by atoms with Crippen molar-refractivity contribution in [2.24, 2.45) is 0 Å². The third-order valence-corrected chi connectivity index (χ3v) is 3.31. The third kappa shape index (κ3) is 5.35. The van der Waals surface area contributed by atoms with Crippen molar-refractivity contribution in [2.75, 3.05) is 6.54 Å². The van der Waals surface area contributed by atoms with Gasteiger partial charge in [-0.05, 0) is 43.4 Å². The topological polar surface area (TPSA) is 29.1 Å². The second-order valence-corrected chi connectivity index (χ2v) is 4.98. The molecule has 2 nitrogen and oxygen atoms in total. The normalized spacial score (nSPS) is 10.4. The first-order valence-electron chi connectivity index (χ1n) is 6.96. The predicted octanol–water partition coefficient (Wildman–Crippen LogP) is 3.54. The van der Waals surface area contributed by atoms with Gasteiger partial charge in [-0.15, -0.1) is 0 Å². The summed E-state index contributed by atoms with van der Waals surface area (Å²) in [6, 6.07) is 6.43. The molecule has 0 fully saturated rings. The van der Waals surface area contributed by atoms with Crippen molar-refractivity contribution in [3.8, 4) is 0 Å². The molecule has 0 aliphatic heterocycles. The van der Waals surface area contributed by atoms with Gasteiger partial charge in [0, 0.05) is 13.0 Å². The van der Waals surface area contributed by atoms with Crippen LogP contribution in [0.25, 0.3) is 0 Å². The van der Waals surface area contributed by atoms with Crippen molar-refractivity contribution in [2.45, 2.75) is 52.9 Å². The zero-order chi connectivity index (χ0) is 13.4. The third-order valence-electron chi connectivity index (χ3n) is 3.31. The van der Waals surface area contributed by atoms with Gasteiger partial charge in [-0.2, -0.15) is 0 Å². The van der Waals surface area contributed by atoms with Crippen molar-refractivity contribution < 1.29 is 4.79 Å². The maximum absolute atomic E-state index is 11.6. The standard InChI is InChI=1S/C16H25NO/c1-4-5-6-11-17-16(18)10-9-15-8-7-13(2)14(3)12-15/h7-8,12H,4-6,9-11H2,1-3H3,(H,17,18). The Kier molecular flexibility index (Phi) is 6.48. The first-order chi connectivity index (χ1) is 8.63. The Labute approximate surface area is 111 Å². The summed E-state index contributed by atoms with van der Waals surface area (Å²) in [5, 5.41) is 2.97. The maximum Gasteiger partial charge on any atom is 0.220 e. The van der Waals surface area contributed by atoms with Crippen LogP contribution >= 0.6 is 0 Å². The second-order valence-electron chi connectivity index (χ2n) is 4.98. The summed E-state index contributed by atoms with van der Waals surface area (Å²) in [6.07, 6.45) is 4.90. The number of aryl methyl sites for hydroxylation is 3. The zero-order valence-electron chi connectivity index (χ0n) is 11.9.